The quantitative estimate of drug-likeness (QED) is 0.172. The second-order valence-corrected chi connectivity index (χ2v) is 13.8. The molecule has 250 valence electrons. The summed E-state index contributed by atoms with van der Waals surface area (Å²) in [6.45, 7) is 0. The van der Waals surface area contributed by atoms with Gasteiger partial charge in [-0.2, -0.15) is 0 Å². The molecule has 0 spiro atoms. The van der Waals surface area contributed by atoms with E-state index in [-0.39, 0.29) is 0 Å². The summed E-state index contributed by atoms with van der Waals surface area (Å²) >= 11 is 0. The third-order valence-corrected chi connectivity index (χ3v) is 10.8. The minimum absolute atomic E-state index is 0.553. The maximum absolute atomic E-state index is 6.57. The van der Waals surface area contributed by atoms with Gasteiger partial charge in [-0.1, -0.05) is 121 Å². The standard InChI is InChI=1S/C48H26N4O2/c1-3-11-30-27(9-1)19-22-32-33-23-21-29(25-39(33)49-26-38(30)32)46-50-47(36-14-7-17-41-43(36)34-13-5-6-16-40(34)53-41)52-48(51-46)37-15-8-18-42-44(37)35-24-20-28-10-2-4-12-31(28)45(35)54-42/h1-26H. The number of rotatable bonds is 3. The van der Waals surface area contributed by atoms with Crippen LogP contribution in [0.1, 0.15) is 0 Å². The Kier molecular flexibility index (Phi) is 5.96. The van der Waals surface area contributed by atoms with Crippen molar-refractivity contribution in [3.63, 3.8) is 0 Å². The Labute approximate surface area is 307 Å². The minimum atomic E-state index is 0.553. The van der Waals surface area contributed by atoms with Gasteiger partial charge in [0.1, 0.15) is 22.3 Å². The molecule has 0 aliphatic carbocycles. The van der Waals surface area contributed by atoms with Crippen LogP contribution < -0.4 is 0 Å². The Morgan fingerprint density at radius 2 is 0.963 bits per heavy atom. The molecule has 0 bridgehead atoms. The fourth-order valence-corrected chi connectivity index (χ4v) is 8.26. The number of aromatic nitrogens is 4. The van der Waals surface area contributed by atoms with Gasteiger partial charge in [0.15, 0.2) is 17.5 Å². The van der Waals surface area contributed by atoms with Gasteiger partial charge >= 0.3 is 0 Å². The van der Waals surface area contributed by atoms with Crippen molar-refractivity contribution in [2.75, 3.05) is 0 Å². The summed E-state index contributed by atoms with van der Waals surface area (Å²) in [7, 11) is 0. The normalized spacial score (nSPS) is 12.1. The Balaban J connectivity index is 1.13. The Hall–Kier alpha value is -7.44. The summed E-state index contributed by atoms with van der Waals surface area (Å²) in [5.74, 6) is 1.66. The topological polar surface area (TPSA) is 77.8 Å². The third kappa shape index (κ3) is 4.22. The molecule has 0 radical (unpaired) electrons. The molecular weight excluding hydrogens is 665 g/mol. The van der Waals surface area contributed by atoms with Gasteiger partial charge in [-0.15, -0.1) is 0 Å². The molecular formula is C48H26N4O2. The van der Waals surface area contributed by atoms with Gasteiger partial charge in [0.25, 0.3) is 0 Å². The van der Waals surface area contributed by atoms with Crippen LogP contribution in [0.25, 0.3) is 121 Å². The number of hydrogen-bond donors (Lipinski definition) is 0. The summed E-state index contributed by atoms with van der Waals surface area (Å²) in [4.78, 5) is 20.6. The molecule has 6 heteroatoms. The fraction of sp³-hybridized carbons (Fsp3) is 0. The van der Waals surface area contributed by atoms with Crippen LogP contribution in [-0.2, 0) is 0 Å². The average Bonchev–Trinajstić information content (AvgIpc) is 3.82. The molecule has 0 aliphatic heterocycles. The van der Waals surface area contributed by atoms with Gasteiger partial charge in [0.2, 0.25) is 0 Å². The van der Waals surface area contributed by atoms with E-state index in [1.807, 2.05) is 60.8 Å². The number of fused-ring (bicyclic) bond motifs is 13. The van der Waals surface area contributed by atoms with Crippen LogP contribution >= 0.6 is 0 Å². The fourth-order valence-electron chi connectivity index (χ4n) is 8.26. The minimum Gasteiger partial charge on any atom is -0.456 e. The first-order valence-electron chi connectivity index (χ1n) is 18.0. The smallest absolute Gasteiger partial charge is 0.164 e. The number of furan rings is 2. The second-order valence-electron chi connectivity index (χ2n) is 13.8. The number of benzene rings is 8. The third-order valence-electron chi connectivity index (χ3n) is 10.8. The highest BCUT2D eigenvalue weighted by Gasteiger charge is 2.21. The van der Waals surface area contributed by atoms with E-state index in [0.717, 1.165) is 93.0 Å². The predicted molar refractivity (Wildman–Crippen MR) is 219 cm³/mol. The van der Waals surface area contributed by atoms with Gasteiger partial charge in [0.05, 0.1) is 5.52 Å². The van der Waals surface area contributed by atoms with Gasteiger partial charge in [-0.3, -0.25) is 4.98 Å². The van der Waals surface area contributed by atoms with Crippen LogP contribution in [0.2, 0.25) is 0 Å². The van der Waals surface area contributed by atoms with Gasteiger partial charge in [0, 0.05) is 60.6 Å². The number of nitrogens with zero attached hydrogens (tertiary/aromatic N) is 4. The summed E-state index contributed by atoms with van der Waals surface area (Å²) < 4.78 is 12.9. The molecule has 6 nitrogen and oxygen atoms in total. The van der Waals surface area contributed by atoms with Crippen molar-refractivity contribution >= 4 is 87.1 Å². The molecule has 4 aromatic heterocycles. The molecule has 0 atom stereocenters. The van der Waals surface area contributed by atoms with Crippen LogP contribution in [0.15, 0.2) is 167 Å². The monoisotopic (exact) mass is 690 g/mol. The number of para-hydroxylation sites is 1. The SMILES string of the molecule is c1ccc2c(c1)ccc1c3ccc(-c4nc(-c5cccc6oc7ccccc7c56)nc(-c5cccc6oc7c8ccccc8ccc7c56)n4)cc3ncc21. The highest BCUT2D eigenvalue weighted by Crippen LogP contribution is 2.41. The Morgan fingerprint density at radius 1 is 0.370 bits per heavy atom. The predicted octanol–water partition coefficient (Wildman–Crippen LogP) is 12.7. The molecule has 12 aromatic rings. The molecule has 0 fully saturated rings. The maximum Gasteiger partial charge on any atom is 0.164 e. The van der Waals surface area contributed by atoms with Gasteiger partial charge in [-0.25, -0.2) is 15.0 Å². The molecule has 12 rings (SSSR count). The van der Waals surface area contributed by atoms with E-state index in [1.165, 1.54) is 10.8 Å². The molecule has 8 aromatic carbocycles. The van der Waals surface area contributed by atoms with E-state index >= 15 is 0 Å². The van der Waals surface area contributed by atoms with Gasteiger partial charge in [-0.05, 0) is 51.9 Å². The molecule has 0 saturated carbocycles. The summed E-state index contributed by atoms with van der Waals surface area (Å²) in [6, 6.07) is 51.9. The lowest BCUT2D eigenvalue weighted by atomic mass is 9.99. The van der Waals surface area contributed by atoms with Gasteiger partial charge < -0.3 is 8.83 Å². The van der Waals surface area contributed by atoms with Crippen molar-refractivity contribution < 1.29 is 8.83 Å². The van der Waals surface area contributed by atoms with E-state index in [1.54, 1.807) is 0 Å². The zero-order valence-corrected chi connectivity index (χ0v) is 28.6. The van der Waals surface area contributed by atoms with Crippen LogP contribution in [-0.4, -0.2) is 19.9 Å². The zero-order valence-electron chi connectivity index (χ0n) is 28.6. The van der Waals surface area contributed by atoms with Crippen molar-refractivity contribution in [1.29, 1.82) is 0 Å². The molecule has 0 N–H and O–H groups in total. The largest absolute Gasteiger partial charge is 0.456 e. The van der Waals surface area contributed by atoms with E-state index in [4.69, 9.17) is 28.8 Å². The van der Waals surface area contributed by atoms with E-state index in [0.29, 0.717) is 17.5 Å². The Bertz CT molecular complexity index is 3530. The number of pyridine rings is 1. The first kappa shape index (κ1) is 29.2. The first-order valence-corrected chi connectivity index (χ1v) is 18.0. The summed E-state index contributed by atoms with van der Waals surface area (Å²) in [5.41, 5.74) is 6.68. The van der Waals surface area contributed by atoms with E-state index in [2.05, 4.69) is 97.1 Å². The number of hydrogen-bond acceptors (Lipinski definition) is 6. The molecule has 0 unspecified atom stereocenters. The highest BCUT2D eigenvalue weighted by molar-refractivity contribution is 6.19. The molecule has 0 saturated heterocycles. The lowest BCUT2D eigenvalue weighted by Crippen LogP contribution is -2.01. The highest BCUT2D eigenvalue weighted by atomic mass is 16.3. The Morgan fingerprint density at radius 3 is 1.76 bits per heavy atom. The summed E-state index contributed by atoms with van der Waals surface area (Å²) in [5, 5.41) is 11.9. The first-order chi connectivity index (χ1) is 26.7. The van der Waals surface area contributed by atoms with E-state index in [9.17, 15) is 0 Å². The molecule has 0 aliphatic rings. The van der Waals surface area contributed by atoms with Crippen molar-refractivity contribution in [2.24, 2.45) is 0 Å². The van der Waals surface area contributed by atoms with Crippen molar-refractivity contribution in [1.82, 2.24) is 19.9 Å². The van der Waals surface area contributed by atoms with Crippen molar-refractivity contribution in [3.8, 4) is 34.2 Å². The zero-order chi connectivity index (χ0) is 35.3. The van der Waals surface area contributed by atoms with Crippen molar-refractivity contribution in [3.05, 3.63) is 158 Å². The van der Waals surface area contributed by atoms with Crippen LogP contribution in [0, 0.1) is 0 Å². The lowest BCUT2D eigenvalue weighted by Gasteiger charge is -2.11. The van der Waals surface area contributed by atoms with Crippen LogP contribution in [0.5, 0.6) is 0 Å². The average molecular weight is 691 g/mol. The lowest BCUT2D eigenvalue weighted by molar-refractivity contribution is 0.669. The second kappa shape index (κ2) is 11.0. The van der Waals surface area contributed by atoms with Crippen LogP contribution in [0.3, 0.4) is 0 Å². The molecule has 54 heavy (non-hydrogen) atoms. The maximum atomic E-state index is 6.57. The summed E-state index contributed by atoms with van der Waals surface area (Å²) in [6.07, 6.45) is 1.98. The van der Waals surface area contributed by atoms with E-state index < -0.39 is 0 Å². The van der Waals surface area contributed by atoms with Crippen LogP contribution in [0.4, 0.5) is 0 Å². The van der Waals surface area contributed by atoms with Crippen molar-refractivity contribution in [2.45, 2.75) is 0 Å². The molecule has 0 amide bonds. The molecule has 4 heterocycles.